The Morgan fingerprint density at radius 1 is 1.40 bits per heavy atom. The van der Waals surface area contributed by atoms with Gasteiger partial charge in [0.15, 0.2) is 5.82 Å². The third-order valence-corrected chi connectivity index (χ3v) is 4.91. The molecule has 0 saturated heterocycles. The molecule has 1 N–H and O–H groups in total. The van der Waals surface area contributed by atoms with Crippen molar-refractivity contribution in [2.75, 3.05) is 5.43 Å². The summed E-state index contributed by atoms with van der Waals surface area (Å²) >= 11 is 3.36. The van der Waals surface area contributed by atoms with E-state index in [1.165, 1.54) is 10.4 Å². The maximum Gasteiger partial charge on any atom is 0.158 e. The Labute approximate surface area is 125 Å². The van der Waals surface area contributed by atoms with Crippen molar-refractivity contribution in [3.63, 3.8) is 0 Å². The number of anilines is 1. The van der Waals surface area contributed by atoms with Crippen molar-refractivity contribution in [2.45, 2.75) is 20.3 Å². The lowest BCUT2D eigenvalue weighted by molar-refractivity contribution is 1.13. The van der Waals surface area contributed by atoms with Crippen LogP contribution in [-0.2, 0) is 6.42 Å². The van der Waals surface area contributed by atoms with Crippen LogP contribution >= 0.6 is 22.7 Å². The van der Waals surface area contributed by atoms with Crippen LogP contribution in [0.3, 0.4) is 0 Å². The Morgan fingerprint density at radius 2 is 2.30 bits per heavy atom. The van der Waals surface area contributed by atoms with E-state index in [0.29, 0.717) is 0 Å². The third kappa shape index (κ3) is 2.44. The van der Waals surface area contributed by atoms with Crippen molar-refractivity contribution in [2.24, 2.45) is 5.10 Å². The van der Waals surface area contributed by atoms with E-state index >= 15 is 0 Å². The van der Waals surface area contributed by atoms with Gasteiger partial charge in [0.25, 0.3) is 0 Å². The predicted molar refractivity (Wildman–Crippen MR) is 87.1 cm³/mol. The fourth-order valence-corrected chi connectivity index (χ4v) is 3.80. The van der Waals surface area contributed by atoms with E-state index in [1.807, 2.05) is 23.7 Å². The summed E-state index contributed by atoms with van der Waals surface area (Å²) in [6.45, 7) is 4.28. The van der Waals surface area contributed by atoms with Crippen molar-refractivity contribution in [1.29, 1.82) is 0 Å². The zero-order chi connectivity index (χ0) is 13.9. The molecular weight excluding hydrogens is 288 g/mol. The summed E-state index contributed by atoms with van der Waals surface area (Å²) in [6, 6.07) is 4.03. The number of nitrogens with zero attached hydrogens (tertiary/aromatic N) is 3. The molecular formula is C14H14N4S2. The van der Waals surface area contributed by atoms with Gasteiger partial charge in [0.2, 0.25) is 0 Å². The molecule has 0 aliphatic rings. The molecule has 4 nitrogen and oxygen atoms in total. The normalized spacial score (nSPS) is 11.5. The fraction of sp³-hybridized carbons (Fsp3) is 0.214. The summed E-state index contributed by atoms with van der Waals surface area (Å²) in [7, 11) is 0. The van der Waals surface area contributed by atoms with Crippen LogP contribution in [0.4, 0.5) is 5.82 Å². The van der Waals surface area contributed by atoms with Gasteiger partial charge in [0, 0.05) is 9.75 Å². The molecule has 6 heteroatoms. The van der Waals surface area contributed by atoms with Crippen molar-refractivity contribution < 1.29 is 0 Å². The number of rotatable bonds is 4. The van der Waals surface area contributed by atoms with Gasteiger partial charge >= 0.3 is 0 Å². The summed E-state index contributed by atoms with van der Waals surface area (Å²) in [4.78, 5) is 12.1. The molecule has 102 valence electrons. The van der Waals surface area contributed by atoms with E-state index in [0.717, 1.165) is 27.3 Å². The van der Waals surface area contributed by atoms with E-state index in [-0.39, 0.29) is 0 Å². The molecule has 0 radical (unpaired) electrons. The third-order valence-electron chi connectivity index (χ3n) is 3.05. The summed E-state index contributed by atoms with van der Waals surface area (Å²) in [5, 5.41) is 7.40. The molecule has 0 unspecified atom stereocenters. The molecule has 0 atom stereocenters. The van der Waals surface area contributed by atoms with Gasteiger partial charge in [0.1, 0.15) is 11.2 Å². The minimum atomic E-state index is 0.781. The number of fused-ring (bicyclic) bond motifs is 1. The molecule has 0 saturated carbocycles. The van der Waals surface area contributed by atoms with Crippen molar-refractivity contribution in [3.05, 3.63) is 39.2 Å². The maximum absolute atomic E-state index is 4.35. The predicted octanol–water partition coefficient (Wildman–Crippen LogP) is 4.07. The highest BCUT2D eigenvalue weighted by Gasteiger charge is 2.13. The molecule has 0 bridgehead atoms. The summed E-state index contributed by atoms with van der Waals surface area (Å²) in [6.07, 6.45) is 4.37. The van der Waals surface area contributed by atoms with E-state index in [1.54, 1.807) is 29.0 Å². The second kappa shape index (κ2) is 5.68. The number of nitrogens with one attached hydrogen (secondary N) is 1. The summed E-state index contributed by atoms with van der Waals surface area (Å²) in [5.74, 6) is 0.781. The average molecular weight is 302 g/mol. The minimum absolute atomic E-state index is 0.781. The number of thiophene rings is 2. The highest BCUT2D eigenvalue weighted by atomic mass is 32.1. The lowest BCUT2D eigenvalue weighted by Gasteiger charge is -2.02. The van der Waals surface area contributed by atoms with Gasteiger partial charge in [-0.05, 0) is 30.4 Å². The van der Waals surface area contributed by atoms with E-state index < -0.39 is 0 Å². The van der Waals surface area contributed by atoms with Crippen LogP contribution in [0.5, 0.6) is 0 Å². The monoisotopic (exact) mass is 302 g/mol. The quantitative estimate of drug-likeness (QED) is 0.584. The Kier molecular flexibility index (Phi) is 3.75. The SMILES string of the molecule is CCc1c(C)sc2ncnc(N/N=C\c3cccs3)c12. The Hall–Kier alpha value is -1.79. The van der Waals surface area contributed by atoms with Crippen LogP contribution in [0.15, 0.2) is 28.9 Å². The number of hydrazone groups is 1. The van der Waals surface area contributed by atoms with Crippen LogP contribution in [-0.4, -0.2) is 16.2 Å². The zero-order valence-electron chi connectivity index (χ0n) is 11.3. The molecule has 0 aliphatic heterocycles. The standard InChI is InChI=1S/C14H14N4S2/c1-3-11-9(2)20-14-12(11)13(15-8-16-14)18-17-7-10-5-4-6-19-10/h4-8H,3H2,1-2H3,(H,15,16,18)/b17-7-. The van der Waals surface area contributed by atoms with Crippen molar-refractivity contribution in [3.8, 4) is 0 Å². The summed E-state index contributed by atoms with van der Waals surface area (Å²) < 4.78 is 0. The van der Waals surface area contributed by atoms with E-state index in [9.17, 15) is 0 Å². The first kappa shape index (κ1) is 13.2. The van der Waals surface area contributed by atoms with Gasteiger partial charge in [-0.25, -0.2) is 9.97 Å². The zero-order valence-corrected chi connectivity index (χ0v) is 12.9. The van der Waals surface area contributed by atoms with Gasteiger partial charge < -0.3 is 0 Å². The molecule has 0 fully saturated rings. The van der Waals surface area contributed by atoms with Crippen molar-refractivity contribution >= 4 is 44.9 Å². The van der Waals surface area contributed by atoms with Crippen LogP contribution in [0.1, 0.15) is 22.2 Å². The fourth-order valence-electron chi connectivity index (χ4n) is 2.13. The molecule has 0 aliphatic carbocycles. The molecule has 3 heterocycles. The number of hydrogen-bond acceptors (Lipinski definition) is 6. The molecule has 20 heavy (non-hydrogen) atoms. The average Bonchev–Trinajstić information content (AvgIpc) is 3.05. The van der Waals surface area contributed by atoms with Gasteiger partial charge in [-0.2, -0.15) is 5.10 Å². The Balaban J connectivity index is 1.95. The first-order chi connectivity index (χ1) is 9.79. The molecule has 3 rings (SSSR count). The van der Waals surface area contributed by atoms with Crippen LogP contribution in [0, 0.1) is 6.92 Å². The van der Waals surface area contributed by atoms with Gasteiger partial charge in [-0.1, -0.05) is 13.0 Å². The van der Waals surface area contributed by atoms with E-state index in [4.69, 9.17) is 0 Å². The molecule has 0 aromatic carbocycles. The highest BCUT2D eigenvalue weighted by Crippen LogP contribution is 2.33. The first-order valence-electron chi connectivity index (χ1n) is 6.35. The first-order valence-corrected chi connectivity index (χ1v) is 8.04. The van der Waals surface area contributed by atoms with Crippen LogP contribution < -0.4 is 5.43 Å². The second-order valence-electron chi connectivity index (χ2n) is 4.28. The van der Waals surface area contributed by atoms with E-state index in [2.05, 4.69) is 34.3 Å². The largest absolute Gasteiger partial charge is 0.261 e. The highest BCUT2D eigenvalue weighted by molar-refractivity contribution is 7.18. The number of hydrogen-bond donors (Lipinski definition) is 1. The maximum atomic E-state index is 4.35. The van der Waals surface area contributed by atoms with Gasteiger partial charge in [0.05, 0.1) is 11.6 Å². The molecule has 3 aromatic heterocycles. The van der Waals surface area contributed by atoms with Gasteiger partial charge in [-0.3, -0.25) is 5.43 Å². The Bertz CT molecular complexity index is 744. The summed E-state index contributed by atoms with van der Waals surface area (Å²) in [5.41, 5.74) is 4.35. The number of aryl methyl sites for hydroxylation is 2. The molecule has 3 aromatic rings. The topological polar surface area (TPSA) is 50.2 Å². The lowest BCUT2D eigenvalue weighted by Crippen LogP contribution is -1.95. The van der Waals surface area contributed by atoms with Crippen molar-refractivity contribution in [1.82, 2.24) is 9.97 Å². The van der Waals surface area contributed by atoms with Crippen LogP contribution in [0.25, 0.3) is 10.2 Å². The Morgan fingerprint density at radius 3 is 3.05 bits per heavy atom. The van der Waals surface area contributed by atoms with Crippen LogP contribution in [0.2, 0.25) is 0 Å². The second-order valence-corrected chi connectivity index (χ2v) is 6.46. The van der Waals surface area contributed by atoms with Gasteiger partial charge in [-0.15, -0.1) is 22.7 Å². The number of aromatic nitrogens is 2. The minimum Gasteiger partial charge on any atom is -0.261 e. The lowest BCUT2D eigenvalue weighted by atomic mass is 10.1. The molecule has 0 amide bonds. The smallest absolute Gasteiger partial charge is 0.158 e. The molecule has 0 spiro atoms.